The third-order valence-electron chi connectivity index (χ3n) is 6.55. The predicted octanol–water partition coefficient (Wildman–Crippen LogP) is 2.54. The lowest BCUT2D eigenvalue weighted by Gasteiger charge is -2.45. The summed E-state index contributed by atoms with van der Waals surface area (Å²) in [4.78, 5) is 16.0. The number of aromatic nitrogens is 3. The number of fused-ring (bicyclic) bond motifs is 4. The molecule has 2 aliphatic heterocycles. The first-order chi connectivity index (χ1) is 15.6. The maximum Gasteiger partial charge on any atom is 0.185 e. The van der Waals surface area contributed by atoms with E-state index < -0.39 is 14.6 Å². The van der Waals surface area contributed by atoms with Gasteiger partial charge in [-0.05, 0) is 38.3 Å². The van der Waals surface area contributed by atoms with Crippen molar-refractivity contribution >= 4 is 32.2 Å². The lowest BCUT2D eigenvalue weighted by molar-refractivity contribution is 0.0482. The van der Waals surface area contributed by atoms with Gasteiger partial charge in [0.25, 0.3) is 0 Å². The number of nitrogens with two attached hydrogens (primary N) is 1. The molecular formula is C23H27N5O4S. The lowest BCUT2D eigenvalue weighted by Crippen LogP contribution is -2.56. The number of hydrogen-bond donors (Lipinski definition) is 1. The first kappa shape index (κ1) is 21.8. The minimum Gasteiger partial charge on any atom is -0.486 e. The number of nitrogen functional groups attached to an aromatic ring is 1. The van der Waals surface area contributed by atoms with Crippen molar-refractivity contribution in [2.24, 2.45) is 0 Å². The zero-order valence-electron chi connectivity index (χ0n) is 19.1. The second kappa shape index (κ2) is 7.53. The Hall–Kier alpha value is -2.98. The van der Waals surface area contributed by atoms with Gasteiger partial charge in [0.2, 0.25) is 0 Å². The highest BCUT2D eigenvalue weighted by Gasteiger charge is 2.43. The van der Waals surface area contributed by atoms with Gasteiger partial charge in [0.1, 0.15) is 22.9 Å². The Kier molecular flexibility index (Phi) is 4.98. The highest BCUT2D eigenvalue weighted by atomic mass is 32.2. The predicted molar refractivity (Wildman–Crippen MR) is 127 cm³/mol. The first-order valence-electron chi connectivity index (χ1n) is 10.8. The summed E-state index contributed by atoms with van der Waals surface area (Å²) in [5, 5.41) is 1.84. The Morgan fingerprint density at radius 1 is 1.12 bits per heavy atom. The van der Waals surface area contributed by atoms with E-state index >= 15 is 0 Å². The third kappa shape index (κ3) is 3.57. The molecule has 3 aromatic rings. The second-order valence-corrected chi connectivity index (χ2v) is 11.8. The largest absolute Gasteiger partial charge is 0.486 e. The first-order valence-corrected chi connectivity index (χ1v) is 12.7. The summed E-state index contributed by atoms with van der Waals surface area (Å²) >= 11 is 0. The molecule has 9 nitrogen and oxygen atoms in total. The van der Waals surface area contributed by atoms with Gasteiger partial charge >= 0.3 is 0 Å². The number of sulfone groups is 1. The Bertz CT molecular complexity index is 1360. The molecule has 10 heteroatoms. The minimum atomic E-state index is -3.51. The van der Waals surface area contributed by atoms with Crippen LogP contribution in [0.5, 0.6) is 5.75 Å². The molecular weight excluding hydrogens is 442 g/mol. The number of anilines is 2. The van der Waals surface area contributed by atoms with E-state index in [9.17, 15) is 8.42 Å². The van der Waals surface area contributed by atoms with Crippen LogP contribution in [0.25, 0.3) is 22.2 Å². The molecule has 0 aliphatic carbocycles. The molecule has 2 atom stereocenters. The maximum atomic E-state index is 12.8. The monoisotopic (exact) mass is 469 g/mol. The number of hydrogen-bond acceptors (Lipinski definition) is 9. The molecule has 4 heterocycles. The number of ether oxygens (including phenoxy) is 2. The van der Waals surface area contributed by atoms with Crippen molar-refractivity contribution in [3.8, 4) is 17.1 Å². The van der Waals surface area contributed by atoms with E-state index in [1.807, 2.05) is 18.2 Å². The number of rotatable bonds is 3. The van der Waals surface area contributed by atoms with Crippen molar-refractivity contribution in [1.29, 1.82) is 0 Å². The van der Waals surface area contributed by atoms with Gasteiger partial charge in [-0.15, -0.1) is 0 Å². The quantitative estimate of drug-likeness (QED) is 0.617. The van der Waals surface area contributed by atoms with Crippen LogP contribution < -0.4 is 15.4 Å². The average Bonchev–Trinajstić information content (AvgIpc) is 2.77. The molecule has 0 saturated carbocycles. The molecule has 0 amide bonds. The summed E-state index contributed by atoms with van der Waals surface area (Å²) in [6.07, 6.45) is 2.92. The van der Waals surface area contributed by atoms with Gasteiger partial charge in [-0.3, -0.25) is 0 Å². The van der Waals surface area contributed by atoms with Gasteiger partial charge in [-0.1, -0.05) is 12.1 Å². The average molecular weight is 470 g/mol. The smallest absolute Gasteiger partial charge is 0.185 e. The molecule has 0 radical (unpaired) electrons. The third-order valence-corrected chi connectivity index (χ3v) is 8.60. The Morgan fingerprint density at radius 3 is 2.67 bits per heavy atom. The topological polar surface area (TPSA) is 121 Å². The molecule has 1 fully saturated rings. The second-order valence-electron chi connectivity index (χ2n) is 9.26. The van der Waals surface area contributed by atoms with E-state index in [1.165, 1.54) is 6.26 Å². The van der Waals surface area contributed by atoms with Gasteiger partial charge < -0.3 is 20.1 Å². The highest BCUT2D eigenvalue weighted by molar-refractivity contribution is 7.91. The molecule has 1 saturated heterocycles. The lowest BCUT2D eigenvalue weighted by atomic mass is 10.0. The Labute approximate surface area is 192 Å². The van der Waals surface area contributed by atoms with E-state index in [1.54, 1.807) is 26.1 Å². The van der Waals surface area contributed by atoms with Crippen LogP contribution in [-0.4, -0.2) is 61.5 Å². The van der Waals surface area contributed by atoms with E-state index in [4.69, 9.17) is 25.2 Å². The number of pyridine rings is 1. The van der Waals surface area contributed by atoms with Crippen LogP contribution in [0.15, 0.2) is 30.5 Å². The summed E-state index contributed by atoms with van der Waals surface area (Å²) in [6, 6.07) is 7.65. The van der Waals surface area contributed by atoms with Crippen molar-refractivity contribution in [2.75, 3.05) is 36.7 Å². The summed E-state index contributed by atoms with van der Waals surface area (Å²) in [5.74, 6) is 1.91. The van der Waals surface area contributed by atoms with Crippen molar-refractivity contribution in [1.82, 2.24) is 15.0 Å². The van der Waals surface area contributed by atoms with Crippen molar-refractivity contribution in [3.05, 3.63) is 36.2 Å². The number of benzene rings is 1. The zero-order valence-corrected chi connectivity index (χ0v) is 19.9. The molecule has 0 spiro atoms. The molecule has 5 rings (SSSR count). The zero-order chi connectivity index (χ0) is 23.5. The standard InChI is InChI=1S/C23H27N5O4S/c1-13-10-31-11-17-12-32-19-20(23(2,3)33(4,29)30)26-21(27-22(19)28(13)17)15-6-5-14-8-18(24)25-9-16(14)7-15/h5-9,13,17H,10-12H2,1-4H3,(H2,24,25)/t13-,17+/m1/s1. The van der Waals surface area contributed by atoms with Crippen molar-refractivity contribution in [3.63, 3.8) is 0 Å². The van der Waals surface area contributed by atoms with Crippen LogP contribution in [0.4, 0.5) is 11.6 Å². The van der Waals surface area contributed by atoms with E-state index in [-0.39, 0.29) is 12.1 Å². The molecule has 0 unspecified atom stereocenters. The highest BCUT2D eigenvalue weighted by Crippen LogP contribution is 2.44. The van der Waals surface area contributed by atoms with Crippen molar-refractivity contribution < 1.29 is 17.9 Å². The van der Waals surface area contributed by atoms with E-state index in [0.717, 1.165) is 16.3 Å². The molecule has 2 aromatic heterocycles. The molecule has 1 aromatic carbocycles. The summed E-state index contributed by atoms with van der Waals surface area (Å²) < 4.78 is 36.1. The summed E-state index contributed by atoms with van der Waals surface area (Å²) in [7, 11) is -3.51. The molecule has 174 valence electrons. The molecule has 2 N–H and O–H groups in total. The Balaban J connectivity index is 1.75. The van der Waals surface area contributed by atoms with Crippen LogP contribution >= 0.6 is 0 Å². The van der Waals surface area contributed by atoms with Crippen LogP contribution in [0.1, 0.15) is 26.5 Å². The van der Waals surface area contributed by atoms with Gasteiger partial charge in [0.15, 0.2) is 27.2 Å². The molecule has 33 heavy (non-hydrogen) atoms. The minimum absolute atomic E-state index is 0.00183. The van der Waals surface area contributed by atoms with Crippen LogP contribution in [0, 0.1) is 0 Å². The van der Waals surface area contributed by atoms with Crippen LogP contribution in [0.3, 0.4) is 0 Å². The van der Waals surface area contributed by atoms with Crippen molar-refractivity contribution in [2.45, 2.75) is 37.6 Å². The number of nitrogens with zero attached hydrogens (tertiary/aromatic N) is 4. The van der Waals surface area contributed by atoms with Gasteiger partial charge in [0.05, 0.1) is 25.3 Å². The van der Waals surface area contributed by atoms with Crippen LogP contribution in [0.2, 0.25) is 0 Å². The van der Waals surface area contributed by atoms with E-state index in [2.05, 4.69) is 16.8 Å². The van der Waals surface area contributed by atoms with Gasteiger partial charge in [0, 0.05) is 23.4 Å². The summed E-state index contributed by atoms with van der Waals surface area (Å²) in [5.41, 5.74) is 6.92. The SMILES string of the molecule is C[C@@H]1COC[C@H]2COc3c(nc(-c4ccc5cc(N)ncc5c4)nc3C(C)(C)S(C)(=O)=O)N21. The molecule has 2 aliphatic rings. The molecule has 0 bridgehead atoms. The van der Waals surface area contributed by atoms with Crippen LogP contribution in [-0.2, 0) is 19.3 Å². The fourth-order valence-corrected chi connectivity index (χ4v) is 4.83. The van der Waals surface area contributed by atoms with Gasteiger partial charge in [-0.2, -0.15) is 0 Å². The maximum absolute atomic E-state index is 12.8. The fraction of sp³-hybridized carbons (Fsp3) is 0.435. The Morgan fingerprint density at radius 2 is 1.91 bits per heavy atom. The number of morpholine rings is 1. The van der Waals surface area contributed by atoms with Gasteiger partial charge in [-0.25, -0.2) is 23.4 Å². The summed E-state index contributed by atoms with van der Waals surface area (Å²) in [6.45, 7) is 6.84. The fourth-order valence-electron chi connectivity index (χ4n) is 4.34. The van der Waals surface area contributed by atoms with E-state index in [0.29, 0.717) is 48.7 Å². The normalized spacial score (nSPS) is 20.8.